The second kappa shape index (κ2) is 12.5. The molecule has 1 aliphatic rings. The lowest BCUT2D eigenvalue weighted by atomic mass is 9.71. The van der Waals surface area contributed by atoms with Crippen LogP contribution in [0.1, 0.15) is 47.8 Å². The number of fused-ring (bicyclic) bond motifs is 1. The molecule has 13 heteroatoms. The van der Waals surface area contributed by atoms with E-state index in [0.717, 1.165) is 59.6 Å². The standard InChI is InChI=1S/C28H24ClF3N2OS.C2HF3O2/c1-16-12-17(5-10-22(16)29)28(2)11-3-4-25-26(28)34(19-8-6-18(30)7-9-19)27(33-25)36-15-21-23(31)13-20(35)14-24(21)32;3-2(4,5)1(6)7/h5-10,12-14,35H,3-4,11,15H2,1-2H3;(H,6,7). The van der Waals surface area contributed by atoms with Gasteiger partial charge in [0.15, 0.2) is 5.16 Å². The Morgan fingerprint density at radius 3 is 2.23 bits per heavy atom. The van der Waals surface area contributed by atoms with Gasteiger partial charge in [-0.3, -0.25) is 4.57 Å². The van der Waals surface area contributed by atoms with Gasteiger partial charge in [-0.2, -0.15) is 13.2 Å². The molecule has 2 N–H and O–H groups in total. The van der Waals surface area contributed by atoms with Crippen LogP contribution in [0.4, 0.5) is 26.3 Å². The van der Waals surface area contributed by atoms with Gasteiger partial charge >= 0.3 is 12.1 Å². The highest BCUT2D eigenvalue weighted by Gasteiger charge is 2.40. The summed E-state index contributed by atoms with van der Waals surface area (Å²) < 4.78 is 76.4. The van der Waals surface area contributed by atoms with E-state index in [2.05, 4.69) is 13.0 Å². The Morgan fingerprint density at radius 2 is 1.67 bits per heavy atom. The van der Waals surface area contributed by atoms with Gasteiger partial charge in [-0.05, 0) is 74.6 Å². The third-order valence-corrected chi connectivity index (χ3v) is 8.51. The molecule has 0 saturated heterocycles. The van der Waals surface area contributed by atoms with Crippen molar-refractivity contribution in [1.29, 1.82) is 0 Å². The van der Waals surface area contributed by atoms with Crippen LogP contribution in [0.15, 0.2) is 59.8 Å². The fourth-order valence-corrected chi connectivity index (χ4v) is 6.14. The maximum atomic E-state index is 14.4. The lowest BCUT2D eigenvalue weighted by molar-refractivity contribution is -0.192. The molecule has 0 fully saturated rings. The highest BCUT2D eigenvalue weighted by Crippen LogP contribution is 2.46. The van der Waals surface area contributed by atoms with Crippen molar-refractivity contribution in [3.8, 4) is 11.4 Å². The van der Waals surface area contributed by atoms with Crippen LogP contribution in [-0.2, 0) is 22.4 Å². The molecule has 0 spiro atoms. The summed E-state index contributed by atoms with van der Waals surface area (Å²) in [6.07, 6.45) is -2.52. The Balaban J connectivity index is 0.000000541. The van der Waals surface area contributed by atoms with Gasteiger partial charge in [0.25, 0.3) is 0 Å². The van der Waals surface area contributed by atoms with Crippen LogP contribution in [0, 0.1) is 24.4 Å². The number of halogens is 7. The van der Waals surface area contributed by atoms with Gasteiger partial charge in [-0.1, -0.05) is 35.5 Å². The summed E-state index contributed by atoms with van der Waals surface area (Å²) in [5.74, 6) is -5.22. The number of carboxylic acid groups (broad SMARTS) is 1. The van der Waals surface area contributed by atoms with Crippen molar-refractivity contribution in [2.24, 2.45) is 0 Å². The molecule has 0 saturated carbocycles. The molecule has 43 heavy (non-hydrogen) atoms. The van der Waals surface area contributed by atoms with E-state index in [4.69, 9.17) is 26.5 Å². The smallest absolute Gasteiger partial charge is 0.490 e. The molecule has 4 aromatic rings. The zero-order chi connectivity index (χ0) is 31.7. The Kier molecular flexibility index (Phi) is 9.41. The fraction of sp³-hybridized carbons (Fsp3) is 0.267. The Labute approximate surface area is 252 Å². The van der Waals surface area contributed by atoms with Crippen LogP contribution < -0.4 is 0 Å². The van der Waals surface area contributed by atoms with E-state index in [1.807, 2.05) is 23.6 Å². The molecule has 1 aliphatic carbocycles. The number of nitrogens with zero attached hydrogens (tertiary/aromatic N) is 2. The van der Waals surface area contributed by atoms with Gasteiger partial charge < -0.3 is 10.2 Å². The van der Waals surface area contributed by atoms with Gasteiger partial charge in [0, 0.05) is 39.6 Å². The Morgan fingerprint density at radius 1 is 1.07 bits per heavy atom. The highest BCUT2D eigenvalue weighted by molar-refractivity contribution is 7.98. The van der Waals surface area contributed by atoms with Gasteiger partial charge in [0.1, 0.15) is 23.2 Å². The number of rotatable bonds is 5. The van der Waals surface area contributed by atoms with Crippen LogP contribution in [0.3, 0.4) is 0 Å². The number of hydrogen-bond donors (Lipinski definition) is 2. The van der Waals surface area contributed by atoms with Gasteiger partial charge in [-0.25, -0.2) is 22.9 Å². The van der Waals surface area contributed by atoms with E-state index in [0.29, 0.717) is 10.2 Å². The van der Waals surface area contributed by atoms with Crippen LogP contribution >= 0.6 is 23.4 Å². The molecule has 0 amide bonds. The van der Waals surface area contributed by atoms with Crippen LogP contribution in [0.5, 0.6) is 5.75 Å². The van der Waals surface area contributed by atoms with Gasteiger partial charge in [0.05, 0.1) is 11.4 Å². The van der Waals surface area contributed by atoms with Crippen molar-refractivity contribution in [3.63, 3.8) is 0 Å². The van der Waals surface area contributed by atoms with E-state index in [9.17, 15) is 31.4 Å². The van der Waals surface area contributed by atoms with Crippen LogP contribution in [0.25, 0.3) is 5.69 Å². The third kappa shape index (κ3) is 6.96. The molecular weight excluding hydrogens is 618 g/mol. The zero-order valence-corrected chi connectivity index (χ0v) is 24.3. The minimum Gasteiger partial charge on any atom is -0.508 e. The predicted molar refractivity (Wildman–Crippen MR) is 150 cm³/mol. The lowest BCUT2D eigenvalue weighted by Gasteiger charge is -2.36. The third-order valence-electron chi connectivity index (χ3n) is 7.13. The van der Waals surface area contributed by atoms with E-state index >= 15 is 0 Å². The van der Waals surface area contributed by atoms with E-state index in [1.54, 1.807) is 12.1 Å². The van der Waals surface area contributed by atoms with Crippen molar-refractivity contribution in [3.05, 3.63) is 105 Å². The first-order valence-corrected chi connectivity index (χ1v) is 14.2. The van der Waals surface area contributed by atoms with Crippen molar-refractivity contribution in [2.45, 2.75) is 55.6 Å². The molecule has 1 heterocycles. The summed E-state index contributed by atoms with van der Waals surface area (Å²) in [6.45, 7) is 4.14. The van der Waals surface area contributed by atoms with E-state index in [-0.39, 0.29) is 17.1 Å². The number of aryl methyl sites for hydroxylation is 2. The molecule has 1 aromatic heterocycles. The minimum atomic E-state index is -5.08. The molecule has 0 aliphatic heterocycles. The van der Waals surface area contributed by atoms with Crippen LogP contribution in [0.2, 0.25) is 5.02 Å². The predicted octanol–water partition coefficient (Wildman–Crippen LogP) is 8.52. The number of hydrogen-bond acceptors (Lipinski definition) is 4. The number of benzene rings is 3. The van der Waals surface area contributed by atoms with E-state index in [1.165, 1.54) is 23.9 Å². The SMILES string of the molecule is Cc1cc(C2(C)CCCc3nc(SCc4c(F)cc(O)cc4F)n(-c4ccc(F)cc4)c32)ccc1Cl.O=C(O)C(F)(F)F. The number of carbonyl (C=O) groups is 1. The topological polar surface area (TPSA) is 75.4 Å². The van der Waals surface area contributed by atoms with Gasteiger partial charge in [-0.15, -0.1) is 0 Å². The normalized spacial score (nSPS) is 16.3. The monoisotopic (exact) mass is 642 g/mol. The summed E-state index contributed by atoms with van der Waals surface area (Å²) in [6, 6.07) is 14.0. The summed E-state index contributed by atoms with van der Waals surface area (Å²) in [4.78, 5) is 13.8. The molecular formula is C30H25ClF6N2O3S. The summed E-state index contributed by atoms with van der Waals surface area (Å²) in [5.41, 5.74) is 4.15. The average molecular weight is 643 g/mol. The quantitative estimate of drug-likeness (QED) is 0.169. The average Bonchev–Trinajstić information content (AvgIpc) is 3.30. The second-order valence-corrected chi connectivity index (χ2v) is 11.5. The summed E-state index contributed by atoms with van der Waals surface area (Å²) >= 11 is 7.52. The first-order chi connectivity index (χ1) is 20.1. The van der Waals surface area contributed by atoms with Gasteiger partial charge in [0.2, 0.25) is 0 Å². The number of alkyl halides is 3. The number of aromatic nitrogens is 2. The summed E-state index contributed by atoms with van der Waals surface area (Å²) in [5, 5.41) is 17.9. The van der Waals surface area contributed by atoms with Crippen molar-refractivity contribution in [1.82, 2.24) is 9.55 Å². The Bertz CT molecular complexity index is 1640. The lowest BCUT2D eigenvalue weighted by Crippen LogP contribution is -2.31. The van der Waals surface area contributed by atoms with E-state index < -0.39 is 34.9 Å². The molecule has 5 nitrogen and oxygen atoms in total. The molecule has 1 atom stereocenters. The Hall–Kier alpha value is -3.64. The first-order valence-electron chi connectivity index (χ1n) is 12.9. The van der Waals surface area contributed by atoms with Crippen molar-refractivity contribution >= 4 is 29.3 Å². The largest absolute Gasteiger partial charge is 0.508 e. The number of aliphatic carboxylic acids is 1. The number of phenolic OH excluding ortho intramolecular Hbond substituents is 1. The number of carboxylic acids is 1. The maximum absolute atomic E-state index is 14.4. The summed E-state index contributed by atoms with van der Waals surface area (Å²) in [7, 11) is 0. The highest BCUT2D eigenvalue weighted by atomic mass is 35.5. The zero-order valence-electron chi connectivity index (χ0n) is 22.8. The number of phenols is 1. The fourth-order valence-electron chi connectivity index (χ4n) is 4.97. The number of aromatic hydroxyl groups is 1. The number of imidazole rings is 1. The first kappa shape index (κ1) is 32.3. The number of thioether (sulfide) groups is 1. The molecule has 228 valence electrons. The molecule has 0 radical (unpaired) electrons. The molecule has 3 aromatic carbocycles. The molecule has 0 bridgehead atoms. The minimum absolute atomic E-state index is 0.0220. The molecule has 1 unspecified atom stereocenters. The van der Waals surface area contributed by atoms with Crippen LogP contribution in [-0.4, -0.2) is 31.9 Å². The molecule has 5 rings (SSSR count). The van der Waals surface area contributed by atoms with Crippen molar-refractivity contribution < 1.29 is 41.4 Å². The second-order valence-electron chi connectivity index (χ2n) is 10.1. The van der Waals surface area contributed by atoms with Crippen molar-refractivity contribution in [2.75, 3.05) is 0 Å². The maximum Gasteiger partial charge on any atom is 0.490 e.